The third-order valence-corrected chi connectivity index (χ3v) is 2.89. The molecule has 3 nitrogen and oxygen atoms in total. The van der Waals surface area contributed by atoms with Crippen LogP contribution in [-0.2, 0) is 6.42 Å². The zero-order valence-electron chi connectivity index (χ0n) is 10.3. The first kappa shape index (κ1) is 13.4. The van der Waals surface area contributed by atoms with E-state index in [1.54, 1.807) is 12.3 Å². The Morgan fingerprint density at radius 3 is 2.84 bits per heavy atom. The minimum Gasteiger partial charge on any atom is -0.389 e. The van der Waals surface area contributed by atoms with E-state index >= 15 is 0 Å². The summed E-state index contributed by atoms with van der Waals surface area (Å²) in [6.07, 6.45) is 2.53. The molecule has 0 aliphatic carbocycles. The third-order valence-electron chi connectivity index (χ3n) is 2.67. The number of hydrogen-bond acceptors (Lipinski definition) is 3. The number of thiocarbonyl (C=S) groups is 1. The predicted octanol–water partition coefficient (Wildman–Crippen LogP) is 2.51. The van der Waals surface area contributed by atoms with Gasteiger partial charge in [-0.3, -0.25) is 4.98 Å². The standard InChI is InChI=1S/C14H14FN3S/c15-10-4-5-13(12(9-10)14(16)19)18-8-6-11-3-1-2-7-17-11/h1-5,7,9,18H,6,8H2,(H2,16,19). The lowest BCUT2D eigenvalue weighted by atomic mass is 10.1. The number of nitrogens with zero attached hydrogens (tertiary/aromatic N) is 1. The summed E-state index contributed by atoms with van der Waals surface area (Å²) in [6.45, 7) is 0.679. The number of hydrogen-bond donors (Lipinski definition) is 2. The van der Waals surface area contributed by atoms with E-state index in [9.17, 15) is 4.39 Å². The highest BCUT2D eigenvalue weighted by Gasteiger charge is 2.06. The van der Waals surface area contributed by atoms with Gasteiger partial charge in [0.25, 0.3) is 0 Å². The summed E-state index contributed by atoms with van der Waals surface area (Å²) >= 11 is 4.91. The molecule has 1 heterocycles. The third kappa shape index (κ3) is 3.72. The number of halogens is 1. The molecular weight excluding hydrogens is 261 g/mol. The molecule has 98 valence electrons. The smallest absolute Gasteiger partial charge is 0.124 e. The van der Waals surface area contributed by atoms with Gasteiger partial charge in [-0.25, -0.2) is 4.39 Å². The molecule has 1 aromatic carbocycles. The minimum atomic E-state index is -0.349. The zero-order valence-corrected chi connectivity index (χ0v) is 11.1. The van der Waals surface area contributed by atoms with E-state index in [0.717, 1.165) is 17.8 Å². The second-order valence-electron chi connectivity index (χ2n) is 4.05. The van der Waals surface area contributed by atoms with Gasteiger partial charge in [0.15, 0.2) is 0 Å². The molecule has 0 amide bonds. The molecule has 5 heteroatoms. The van der Waals surface area contributed by atoms with Crippen LogP contribution in [0.15, 0.2) is 42.6 Å². The molecule has 0 saturated heterocycles. The SMILES string of the molecule is NC(=S)c1cc(F)ccc1NCCc1ccccn1. The van der Waals surface area contributed by atoms with E-state index in [0.29, 0.717) is 12.1 Å². The summed E-state index contributed by atoms with van der Waals surface area (Å²) in [7, 11) is 0. The van der Waals surface area contributed by atoms with Crippen LogP contribution in [0.25, 0.3) is 0 Å². The van der Waals surface area contributed by atoms with Crippen molar-refractivity contribution >= 4 is 22.9 Å². The molecule has 0 radical (unpaired) electrons. The Labute approximate surface area is 116 Å². The van der Waals surface area contributed by atoms with Crippen molar-refractivity contribution in [3.63, 3.8) is 0 Å². The molecule has 0 saturated carbocycles. The second kappa shape index (κ2) is 6.24. The van der Waals surface area contributed by atoms with Crippen molar-refractivity contribution in [1.82, 2.24) is 4.98 Å². The first-order chi connectivity index (χ1) is 9.16. The van der Waals surface area contributed by atoms with E-state index in [1.807, 2.05) is 18.2 Å². The van der Waals surface area contributed by atoms with Crippen molar-refractivity contribution in [2.24, 2.45) is 5.73 Å². The van der Waals surface area contributed by atoms with Crippen molar-refractivity contribution in [2.45, 2.75) is 6.42 Å². The first-order valence-corrected chi connectivity index (χ1v) is 6.31. The molecule has 0 aliphatic rings. The Hall–Kier alpha value is -2.01. The molecule has 0 bridgehead atoms. The highest BCUT2D eigenvalue weighted by molar-refractivity contribution is 7.80. The van der Waals surface area contributed by atoms with Crippen LogP contribution in [0, 0.1) is 5.82 Å². The summed E-state index contributed by atoms with van der Waals surface area (Å²) in [6, 6.07) is 10.1. The summed E-state index contributed by atoms with van der Waals surface area (Å²) in [5, 5.41) is 3.20. The van der Waals surface area contributed by atoms with E-state index in [4.69, 9.17) is 18.0 Å². The number of nitrogens with one attached hydrogen (secondary N) is 1. The number of nitrogens with two attached hydrogens (primary N) is 1. The van der Waals surface area contributed by atoms with Gasteiger partial charge in [-0.2, -0.15) is 0 Å². The monoisotopic (exact) mass is 275 g/mol. The average molecular weight is 275 g/mol. The van der Waals surface area contributed by atoms with Gasteiger partial charge in [0.1, 0.15) is 10.8 Å². The van der Waals surface area contributed by atoms with Crippen LogP contribution in [0.5, 0.6) is 0 Å². The van der Waals surface area contributed by atoms with Gasteiger partial charge in [0.05, 0.1) is 0 Å². The fourth-order valence-electron chi connectivity index (χ4n) is 1.75. The molecule has 0 atom stereocenters. The van der Waals surface area contributed by atoms with Crippen LogP contribution in [0.1, 0.15) is 11.3 Å². The van der Waals surface area contributed by atoms with Gasteiger partial charge >= 0.3 is 0 Å². The van der Waals surface area contributed by atoms with Gasteiger partial charge in [0.2, 0.25) is 0 Å². The van der Waals surface area contributed by atoms with Crippen LogP contribution in [0.3, 0.4) is 0 Å². The summed E-state index contributed by atoms with van der Waals surface area (Å²) in [5.74, 6) is -0.349. The van der Waals surface area contributed by atoms with E-state index in [1.165, 1.54) is 12.1 Å². The summed E-state index contributed by atoms with van der Waals surface area (Å²) < 4.78 is 13.1. The normalized spacial score (nSPS) is 10.2. The van der Waals surface area contributed by atoms with Crippen molar-refractivity contribution in [2.75, 3.05) is 11.9 Å². The molecule has 0 aliphatic heterocycles. The molecule has 2 rings (SSSR count). The largest absolute Gasteiger partial charge is 0.389 e. The molecule has 0 spiro atoms. The Bertz CT molecular complexity index is 572. The number of rotatable bonds is 5. The van der Waals surface area contributed by atoms with Crippen LogP contribution in [0.4, 0.5) is 10.1 Å². The van der Waals surface area contributed by atoms with Crippen LogP contribution >= 0.6 is 12.2 Å². The Morgan fingerprint density at radius 1 is 1.32 bits per heavy atom. The molecule has 19 heavy (non-hydrogen) atoms. The first-order valence-electron chi connectivity index (χ1n) is 5.90. The Kier molecular flexibility index (Phi) is 4.41. The highest BCUT2D eigenvalue weighted by Crippen LogP contribution is 2.17. The molecular formula is C14H14FN3S. The maximum atomic E-state index is 13.1. The van der Waals surface area contributed by atoms with E-state index < -0.39 is 0 Å². The van der Waals surface area contributed by atoms with Gasteiger partial charge < -0.3 is 11.1 Å². The molecule has 0 fully saturated rings. The quantitative estimate of drug-likeness (QED) is 0.823. The fourth-order valence-corrected chi connectivity index (χ4v) is 1.91. The predicted molar refractivity (Wildman–Crippen MR) is 78.7 cm³/mol. The summed E-state index contributed by atoms with van der Waals surface area (Å²) in [5.41, 5.74) is 7.84. The van der Waals surface area contributed by atoms with E-state index in [-0.39, 0.29) is 10.8 Å². The number of anilines is 1. The van der Waals surface area contributed by atoms with Gasteiger partial charge in [-0.1, -0.05) is 18.3 Å². The Morgan fingerprint density at radius 2 is 2.16 bits per heavy atom. The van der Waals surface area contributed by atoms with Gasteiger partial charge in [0, 0.05) is 36.1 Å². The number of aromatic nitrogens is 1. The molecule has 3 N–H and O–H groups in total. The number of pyridine rings is 1. The topological polar surface area (TPSA) is 50.9 Å². The van der Waals surface area contributed by atoms with Crippen molar-refractivity contribution in [1.29, 1.82) is 0 Å². The van der Waals surface area contributed by atoms with Gasteiger partial charge in [-0.15, -0.1) is 0 Å². The average Bonchev–Trinajstić information content (AvgIpc) is 2.41. The van der Waals surface area contributed by atoms with Crippen molar-refractivity contribution in [3.8, 4) is 0 Å². The Balaban J connectivity index is 2.02. The number of benzene rings is 1. The molecule has 2 aromatic rings. The lowest BCUT2D eigenvalue weighted by molar-refractivity contribution is 0.627. The van der Waals surface area contributed by atoms with Crippen molar-refractivity contribution in [3.05, 3.63) is 59.7 Å². The lowest BCUT2D eigenvalue weighted by Gasteiger charge is -2.11. The van der Waals surface area contributed by atoms with Crippen molar-refractivity contribution < 1.29 is 4.39 Å². The fraction of sp³-hybridized carbons (Fsp3) is 0.143. The molecule has 0 unspecified atom stereocenters. The lowest BCUT2D eigenvalue weighted by Crippen LogP contribution is -2.15. The van der Waals surface area contributed by atoms with Crippen LogP contribution in [0.2, 0.25) is 0 Å². The molecule has 1 aromatic heterocycles. The zero-order chi connectivity index (χ0) is 13.7. The minimum absolute atomic E-state index is 0.180. The maximum Gasteiger partial charge on any atom is 0.124 e. The van der Waals surface area contributed by atoms with Gasteiger partial charge in [-0.05, 0) is 30.3 Å². The van der Waals surface area contributed by atoms with E-state index in [2.05, 4.69) is 10.3 Å². The maximum absolute atomic E-state index is 13.1. The highest BCUT2D eigenvalue weighted by atomic mass is 32.1. The second-order valence-corrected chi connectivity index (χ2v) is 4.49. The summed E-state index contributed by atoms with van der Waals surface area (Å²) in [4.78, 5) is 4.41. The van der Waals surface area contributed by atoms with Crippen LogP contribution < -0.4 is 11.1 Å². The van der Waals surface area contributed by atoms with Crippen LogP contribution in [-0.4, -0.2) is 16.5 Å².